The molecule has 132 valence electrons. The smallest absolute Gasteiger partial charge is 0.287 e. The molecule has 0 aliphatic carbocycles. The topological polar surface area (TPSA) is 98.3 Å². The van der Waals surface area contributed by atoms with Crippen molar-refractivity contribution in [2.75, 3.05) is 7.11 Å². The van der Waals surface area contributed by atoms with Gasteiger partial charge in [0.2, 0.25) is 5.16 Å². The molecule has 0 atom stereocenters. The molecule has 0 aliphatic heterocycles. The average molecular weight is 369 g/mol. The summed E-state index contributed by atoms with van der Waals surface area (Å²) in [6.45, 7) is 1.77. The Hall–Kier alpha value is -3.07. The summed E-state index contributed by atoms with van der Waals surface area (Å²) in [5.41, 5.74) is 1.78. The van der Waals surface area contributed by atoms with Crippen molar-refractivity contribution in [1.82, 2.24) is 24.7 Å². The number of rotatable bonds is 5. The van der Waals surface area contributed by atoms with E-state index in [1.807, 2.05) is 24.3 Å². The molecule has 0 bridgehead atoms. The number of methoxy groups -OCH3 is 1. The Labute approximate surface area is 152 Å². The van der Waals surface area contributed by atoms with Gasteiger partial charge in [-0.05, 0) is 19.1 Å². The summed E-state index contributed by atoms with van der Waals surface area (Å²) >= 11 is 1.40. The highest BCUT2D eigenvalue weighted by Crippen LogP contribution is 2.24. The van der Waals surface area contributed by atoms with Crippen LogP contribution >= 0.6 is 11.8 Å². The zero-order valence-electron chi connectivity index (χ0n) is 14.1. The number of hydrogen-bond acceptors (Lipinski definition) is 7. The molecule has 0 fully saturated rings. The number of benzene rings is 1. The highest BCUT2D eigenvalue weighted by Gasteiger charge is 2.10. The van der Waals surface area contributed by atoms with Gasteiger partial charge in [0.15, 0.2) is 11.5 Å². The lowest BCUT2D eigenvalue weighted by atomic mass is 10.2. The molecule has 3 heterocycles. The van der Waals surface area contributed by atoms with E-state index in [2.05, 4.69) is 20.2 Å². The SMILES string of the molecule is COc1cccc(-c2nc(SCc3cc(=O)n4oc(C)cc4n3)n[nH]2)c1. The first kappa shape index (κ1) is 16.4. The maximum Gasteiger partial charge on any atom is 0.287 e. The molecule has 4 aromatic rings. The molecule has 9 heteroatoms. The van der Waals surface area contributed by atoms with Gasteiger partial charge >= 0.3 is 0 Å². The van der Waals surface area contributed by atoms with E-state index in [0.717, 1.165) is 11.3 Å². The van der Waals surface area contributed by atoms with Gasteiger partial charge in [-0.25, -0.2) is 9.97 Å². The van der Waals surface area contributed by atoms with Crippen LogP contribution in [0.1, 0.15) is 11.5 Å². The van der Waals surface area contributed by atoms with Gasteiger partial charge in [0.1, 0.15) is 11.5 Å². The summed E-state index contributed by atoms with van der Waals surface area (Å²) in [7, 11) is 1.62. The van der Waals surface area contributed by atoms with Crippen LogP contribution in [-0.4, -0.2) is 31.8 Å². The Balaban J connectivity index is 1.52. The molecule has 0 spiro atoms. The minimum absolute atomic E-state index is 0.245. The number of fused-ring (bicyclic) bond motifs is 1. The third-order valence-corrected chi connectivity index (χ3v) is 4.56. The number of aryl methyl sites for hydroxylation is 1. The lowest BCUT2D eigenvalue weighted by molar-refractivity contribution is 0.344. The van der Waals surface area contributed by atoms with Gasteiger partial charge in [-0.1, -0.05) is 23.9 Å². The molecule has 0 radical (unpaired) electrons. The van der Waals surface area contributed by atoms with Crippen molar-refractivity contribution in [1.29, 1.82) is 0 Å². The van der Waals surface area contributed by atoms with Crippen LogP contribution in [0.3, 0.4) is 0 Å². The number of nitrogens with zero attached hydrogens (tertiary/aromatic N) is 4. The van der Waals surface area contributed by atoms with Gasteiger partial charge in [-0.2, -0.15) is 0 Å². The third-order valence-electron chi connectivity index (χ3n) is 3.68. The predicted octanol–water partition coefficient (Wildman–Crippen LogP) is 2.68. The molecule has 1 N–H and O–H groups in total. The van der Waals surface area contributed by atoms with Crippen molar-refractivity contribution in [3.8, 4) is 17.1 Å². The molecular formula is C17H15N5O3S. The van der Waals surface area contributed by atoms with Crippen molar-refractivity contribution >= 4 is 17.4 Å². The van der Waals surface area contributed by atoms with E-state index in [1.165, 1.54) is 22.4 Å². The molecular weight excluding hydrogens is 354 g/mol. The quantitative estimate of drug-likeness (QED) is 0.540. The monoisotopic (exact) mass is 369 g/mol. The minimum Gasteiger partial charge on any atom is -0.497 e. The first-order chi connectivity index (χ1) is 12.6. The van der Waals surface area contributed by atoms with Crippen LogP contribution < -0.4 is 10.3 Å². The minimum atomic E-state index is -0.245. The number of ether oxygens (including phenoxy) is 1. The maximum atomic E-state index is 12.0. The number of hydrogen-bond donors (Lipinski definition) is 1. The Morgan fingerprint density at radius 3 is 3.00 bits per heavy atom. The number of aromatic amines is 1. The molecule has 0 saturated heterocycles. The van der Waals surface area contributed by atoms with E-state index in [-0.39, 0.29) is 5.56 Å². The lowest BCUT2D eigenvalue weighted by Crippen LogP contribution is -2.12. The zero-order valence-corrected chi connectivity index (χ0v) is 14.9. The lowest BCUT2D eigenvalue weighted by Gasteiger charge is -2.00. The summed E-state index contributed by atoms with van der Waals surface area (Å²) < 4.78 is 11.7. The molecule has 3 aromatic heterocycles. The Kier molecular flexibility index (Phi) is 4.21. The summed E-state index contributed by atoms with van der Waals surface area (Å²) in [5.74, 6) is 2.52. The van der Waals surface area contributed by atoms with Crippen LogP contribution in [0.25, 0.3) is 17.0 Å². The van der Waals surface area contributed by atoms with Crippen LogP contribution in [0.2, 0.25) is 0 Å². The van der Waals surface area contributed by atoms with E-state index in [4.69, 9.17) is 9.26 Å². The largest absolute Gasteiger partial charge is 0.497 e. The van der Waals surface area contributed by atoms with Crippen LogP contribution in [0.5, 0.6) is 5.75 Å². The highest BCUT2D eigenvalue weighted by molar-refractivity contribution is 7.98. The average Bonchev–Trinajstić information content (AvgIpc) is 3.26. The van der Waals surface area contributed by atoms with E-state index < -0.39 is 0 Å². The molecule has 0 unspecified atom stereocenters. The Morgan fingerprint density at radius 1 is 1.27 bits per heavy atom. The van der Waals surface area contributed by atoms with Gasteiger partial charge in [0.05, 0.1) is 12.8 Å². The summed E-state index contributed by atoms with van der Waals surface area (Å²) in [5, 5.41) is 7.70. The summed E-state index contributed by atoms with van der Waals surface area (Å²) in [6, 6.07) is 10.7. The number of thioether (sulfide) groups is 1. The normalized spacial score (nSPS) is 11.2. The predicted molar refractivity (Wildman–Crippen MR) is 96.4 cm³/mol. The number of H-pyrrole nitrogens is 1. The Bertz CT molecular complexity index is 1130. The van der Waals surface area contributed by atoms with Gasteiger partial charge in [0.25, 0.3) is 5.56 Å². The van der Waals surface area contributed by atoms with Crippen molar-refractivity contribution < 1.29 is 9.26 Å². The standard InChI is InChI=1S/C17H15N5O3S/c1-10-6-14-18-12(8-15(23)22(14)25-10)9-26-17-19-16(20-21-17)11-4-3-5-13(7-11)24-2/h3-8H,9H2,1-2H3,(H,19,20,21). The second kappa shape index (κ2) is 6.68. The van der Waals surface area contributed by atoms with Crippen LogP contribution in [0, 0.1) is 6.92 Å². The molecule has 0 amide bonds. The number of nitrogens with one attached hydrogen (secondary N) is 1. The van der Waals surface area contributed by atoms with Crippen molar-refractivity contribution in [3.63, 3.8) is 0 Å². The van der Waals surface area contributed by atoms with Gasteiger partial charge < -0.3 is 9.26 Å². The van der Waals surface area contributed by atoms with Crippen molar-refractivity contribution in [2.24, 2.45) is 0 Å². The van der Waals surface area contributed by atoms with Gasteiger partial charge in [0, 0.05) is 23.4 Å². The van der Waals surface area contributed by atoms with Crippen LogP contribution in [0.15, 0.2) is 50.9 Å². The molecule has 4 rings (SSSR count). The summed E-state index contributed by atoms with van der Waals surface area (Å²) in [6.07, 6.45) is 0. The molecule has 1 aromatic carbocycles. The fraction of sp³-hybridized carbons (Fsp3) is 0.176. The maximum absolute atomic E-state index is 12.0. The molecule has 0 aliphatic rings. The van der Waals surface area contributed by atoms with E-state index in [0.29, 0.717) is 33.8 Å². The van der Waals surface area contributed by atoms with Crippen molar-refractivity contribution in [2.45, 2.75) is 17.8 Å². The van der Waals surface area contributed by atoms with Gasteiger partial charge in [-0.15, -0.1) is 9.67 Å². The fourth-order valence-corrected chi connectivity index (χ4v) is 3.19. The third kappa shape index (κ3) is 3.21. The van der Waals surface area contributed by atoms with Crippen molar-refractivity contribution in [3.05, 3.63) is 58.2 Å². The first-order valence-corrected chi connectivity index (χ1v) is 8.80. The van der Waals surface area contributed by atoms with Crippen LogP contribution in [-0.2, 0) is 5.75 Å². The zero-order chi connectivity index (χ0) is 18.1. The molecule has 0 saturated carbocycles. The second-order valence-electron chi connectivity index (χ2n) is 5.57. The summed E-state index contributed by atoms with van der Waals surface area (Å²) in [4.78, 5) is 20.9. The van der Waals surface area contributed by atoms with E-state index in [9.17, 15) is 4.79 Å². The first-order valence-electron chi connectivity index (χ1n) is 7.81. The van der Waals surface area contributed by atoms with E-state index in [1.54, 1.807) is 20.1 Å². The molecule has 8 nitrogen and oxygen atoms in total. The highest BCUT2D eigenvalue weighted by atomic mass is 32.2. The Morgan fingerprint density at radius 2 is 2.15 bits per heavy atom. The van der Waals surface area contributed by atoms with Gasteiger partial charge in [-0.3, -0.25) is 9.89 Å². The van der Waals surface area contributed by atoms with Crippen LogP contribution in [0.4, 0.5) is 0 Å². The fourth-order valence-electron chi connectivity index (χ4n) is 2.50. The molecule has 26 heavy (non-hydrogen) atoms. The second-order valence-corrected chi connectivity index (χ2v) is 6.51. The van der Waals surface area contributed by atoms with E-state index >= 15 is 0 Å². The number of aromatic nitrogens is 5.